The maximum Gasteiger partial charge on any atom is 0.306 e. The van der Waals surface area contributed by atoms with Gasteiger partial charge in [-0.05, 0) is 57.8 Å². The van der Waals surface area contributed by atoms with Crippen molar-refractivity contribution in [1.29, 1.82) is 0 Å². The van der Waals surface area contributed by atoms with Gasteiger partial charge in [0.25, 0.3) is 0 Å². The summed E-state index contributed by atoms with van der Waals surface area (Å²) in [6, 6.07) is -0.963. The van der Waals surface area contributed by atoms with Crippen LogP contribution in [-0.2, 0) is 14.3 Å². The number of nitrogens with two attached hydrogens (primary N) is 1. The highest BCUT2D eigenvalue weighted by Crippen LogP contribution is 2.19. The van der Waals surface area contributed by atoms with Crippen molar-refractivity contribution in [2.24, 2.45) is 5.73 Å². The number of rotatable bonds is 58. The van der Waals surface area contributed by atoms with Crippen molar-refractivity contribution in [1.82, 2.24) is 0 Å². The van der Waals surface area contributed by atoms with Gasteiger partial charge >= 0.3 is 5.97 Å². The molecule has 0 amide bonds. The Hall–Kier alpha value is -1.98. The van der Waals surface area contributed by atoms with Gasteiger partial charge in [-0.1, -0.05) is 320 Å². The smallest absolute Gasteiger partial charge is 0.306 e. The lowest BCUT2D eigenvalue weighted by Gasteiger charge is -2.25. The van der Waals surface area contributed by atoms with Crippen LogP contribution in [0.3, 0.4) is 0 Å². The fraction of sp³-hybridized carbons (Fsp3) is 0.848. The monoisotopic (exact) mass is 994 g/mol. The normalized spacial score (nSPS) is 13.4. The molecule has 5 heteroatoms. The number of hydrogen-bond donors (Lipinski definition) is 2. The molecule has 3 unspecified atom stereocenters. The first-order valence-corrected chi connectivity index (χ1v) is 31.7. The Morgan fingerprint density at radius 3 is 1.04 bits per heavy atom. The SMILES string of the molecule is CCC=CCC=CCC=CCCCCCCCC(=O)OC(C(=O)CCCCCCCCCCCCCCCCCCCCCCCCCCCCC)C(N)C(O)C=CCCCCCCCCCCCCC. The molecule has 71 heavy (non-hydrogen) atoms. The summed E-state index contributed by atoms with van der Waals surface area (Å²) in [4.78, 5) is 26.6. The Kier molecular flexibility index (Phi) is 57.3. The number of esters is 1. The van der Waals surface area contributed by atoms with Crippen LogP contribution < -0.4 is 5.73 Å². The molecule has 5 nitrogen and oxygen atoms in total. The van der Waals surface area contributed by atoms with Gasteiger partial charge in [0.15, 0.2) is 11.9 Å². The zero-order chi connectivity index (χ0) is 51.6. The van der Waals surface area contributed by atoms with Gasteiger partial charge in [0.1, 0.15) is 0 Å². The number of aliphatic hydroxyl groups excluding tert-OH is 1. The molecular weight excluding hydrogens is 871 g/mol. The quantitative estimate of drug-likeness (QED) is 0.0360. The Morgan fingerprint density at radius 1 is 0.380 bits per heavy atom. The van der Waals surface area contributed by atoms with E-state index in [1.165, 1.54) is 218 Å². The molecule has 0 saturated heterocycles. The zero-order valence-corrected chi connectivity index (χ0v) is 48.0. The Labute approximate surface area is 443 Å². The second-order valence-electron chi connectivity index (χ2n) is 21.7. The molecule has 0 aliphatic carbocycles. The fourth-order valence-electron chi connectivity index (χ4n) is 9.85. The first-order chi connectivity index (χ1) is 35.0. The summed E-state index contributed by atoms with van der Waals surface area (Å²) in [5.74, 6) is -0.530. The minimum Gasteiger partial charge on any atom is -0.453 e. The first kappa shape index (κ1) is 69.0. The van der Waals surface area contributed by atoms with E-state index >= 15 is 0 Å². The van der Waals surface area contributed by atoms with Crippen molar-refractivity contribution in [2.45, 2.75) is 360 Å². The molecule has 0 fully saturated rings. The third-order valence-electron chi connectivity index (χ3n) is 14.7. The van der Waals surface area contributed by atoms with Gasteiger partial charge in [0.2, 0.25) is 0 Å². The maximum atomic E-state index is 13.6. The summed E-state index contributed by atoms with van der Waals surface area (Å²) in [7, 11) is 0. The number of carbonyl (C=O) groups excluding carboxylic acids is 2. The number of Topliss-reactive ketones (excluding diaryl/α,β-unsaturated/α-hetero) is 1. The number of unbranched alkanes of at least 4 members (excludes halogenated alkanes) is 42. The first-order valence-electron chi connectivity index (χ1n) is 31.7. The number of carbonyl (C=O) groups is 2. The van der Waals surface area contributed by atoms with E-state index in [0.717, 1.165) is 89.9 Å². The van der Waals surface area contributed by atoms with Crippen molar-refractivity contribution in [3.8, 4) is 0 Å². The number of allylic oxidation sites excluding steroid dienone is 7. The van der Waals surface area contributed by atoms with Gasteiger partial charge in [0.05, 0.1) is 12.1 Å². The van der Waals surface area contributed by atoms with E-state index in [9.17, 15) is 14.7 Å². The topological polar surface area (TPSA) is 89.6 Å². The molecule has 0 rings (SSSR count). The second kappa shape index (κ2) is 58.9. The van der Waals surface area contributed by atoms with Gasteiger partial charge in [-0.2, -0.15) is 0 Å². The molecule has 0 aromatic rings. The van der Waals surface area contributed by atoms with Crippen molar-refractivity contribution in [2.75, 3.05) is 0 Å². The lowest BCUT2D eigenvalue weighted by Crippen LogP contribution is -2.50. The maximum absolute atomic E-state index is 13.6. The van der Waals surface area contributed by atoms with Gasteiger partial charge in [-0.25, -0.2) is 0 Å². The minimum absolute atomic E-state index is 0.153. The largest absolute Gasteiger partial charge is 0.453 e. The summed E-state index contributed by atoms with van der Waals surface area (Å²) in [6.45, 7) is 6.73. The summed E-state index contributed by atoms with van der Waals surface area (Å²) in [6.07, 6.45) is 76.6. The van der Waals surface area contributed by atoms with Gasteiger partial charge in [-0.3, -0.25) is 9.59 Å². The molecule has 0 aromatic heterocycles. The molecular formula is C66H123NO4. The number of ketones is 1. The standard InChI is InChI=1S/C66H123NO4/c1-4-7-10-13-16-19-22-25-27-28-29-30-31-32-33-34-35-36-37-38-40-42-45-48-51-54-57-60-63(69)66(65(67)62(68)59-56-53-50-47-44-41-24-21-18-15-12-9-6-3)71-64(70)61-58-55-52-49-46-43-39-26-23-20-17-14-11-8-5-2/h8,11,17,20,26,39,56,59,62,65-66,68H,4-7,9-10,12-16,18-19,21-25,27-38,40-55,57-58,60-61,67H2,1-3H3. The Balaban J connectivity index is 4.36. The molecule has 0 bridgehead atoms. The molecule has 0 spiro atoms. The van der Waals surface area contributed by atoms with Gasteiger partial charge < -0.3 is 15.6 Å². The van der Waals surface area contributed by atoms with E-state index in [-0.39, 0.29) is 18.2 Å². The van der Waals surface area contributed by atoms with Crippen LogP contribution in [-0.4, -0.2) is 35.1 Å². The number of ether oxygens (including phenoxy) is 1. The second-order valence-corrected chi connectivity index (χ2v) is 21.7. The van der Waals surface area contributed by atoms with Crippen LogP contribution in [0.25, 0.3) is 0 Å². The van der Waals surface area contributed by atoms with Crippen LogP contribution in [0.15, 0.2) is 48.6 Å². The molecule has 416 valence electrons. The lowest BCUT2D eigenvalue weighted by atomic mass is 9.97. The van der Waals surface area contributed by atoms with Crippen LogP contribution in [0.1, 0.15) is 342 Å². The van der Waals surface area contributed by atoms with Crippen LogP contribution >= 0.6 is 0 Å². The van der Waals surface area contributed by atoms with E-state index < -0.39 is 18.2 Å². The molecule has 0 aliphatic heterocycles. The predicted molar refractivity (Wildman–Crippen MR) is 313 cm³/mol. The van der Waals surface area contributed by atoms with Crippen molar-refractivity contribution in [3.05, 3.63) is 48.6 Å². The van der Waals surface area contributed by atoms with Crippen molar-refractivity contribution >= 4 is 11.8 Å². The third-order valence-corrected chi connectivity index (χ3v) is 14.7. The molecule has 0 radical (unpaired) electrons. The summed E-state index contributed by atoms with van der Waals surface area (Å²) in [5, 5.41) is 11.1. The average Bonchev–Trinajstić information content (AvgIpc) is 3.37. The van der Waals surface area contributed by atoms with Crippen LogP contribution in [0.4, 0.5) is 0 Å². The van der Waals surface area contributed by atoms with E-state index in [2.05, 4.69) is 57.2 Å². The van der Waals surface area contributed by atoms with Crippen molar-refractivity contribution in [3.63, 3.8) is 0 Å². The van der Waals surface area contributed by atoms with E-state index in [4.69, 9.17) is 10.5 Å². The minimum atomic E-state index is -1.11. The van der Waals surface area contributed by atoms with E-state index in [0.29, 0.717) is 6.42 Å². The summed E-state index contributed by atoms with van der Waals surface area (Å²) < 4.78 is 5.82. The third kappa shape index (κ3) is 52.7. The number of aliphatic hydroxyl groups is 1. The highest BCUT2D eigenvalue weighted by Gasteiger charge is 2.32. The van der Waals surface area contributed by atoms with Crippen LogP contribution in [0.2, 0.25) is 0 Å². The van der Waals surface area contributed by atoms with Gasteiger partial charge in [0, 0.05) is 12.8 Å². The highest BCUT2D eigenvalue weighted by molar-refractivity contribution is 5.86. The lowest BCUT2D eigenvalue weighted by molar-refractivity contribution is -0.157. The molecule has 0 aromatic carbocycles. The Bertz CT molecular complexity index is 1210. The van der Waals surface area contributed by atoms with E-state index in [1.54, 1.807) is 6.08 Å². The zero-order valence-electron chi connectivity index (χ0n) is 48.0. The molecule has 0 aliphatic rings. The van der Waals surface area contributed by atoms with Crippen LogP contribution in [0, 0.1) is 0 Å². The Morgan fingerprint density at radius 2 is 0.676 bits per heavy atom. The molecule has 0 saturated carbocycles. The van der Waals surface area contributed by atoms with Crippen molar-refractivity contribution < 1.29 is 19.4 Å². The highest BCUT2D eigenvalue weighted by atomic mass is 16.5. The molecule has 3 atom stereocenters. The van der Waals surface area contributed by atoms with E-state index in [1.807, 2.05) is 6.08 Å². The summed E-state index contributed by atoms with van der Waals surface area (Å²) in [5.41, 5.74) is 6.53. The number of hydrogen-bond acceptors (Lipinski definition) is 5. The molecule has 3 N–H and O–H groups in total. The summed E-state index contributed by atoms with van der Waals surface area (Å²) >= 11 is 0. The van der Waals surface area contributed by atoms with Gasteiger partial charge in [-0.15, -0.1) is 0 Å². The van der Waals surface area contributed by atoms with Crippen LogP contribution in [0.5, 0.6) is 0 Å². The average molecular weight is 995 g/mol. The fourth-order valence-corrected chi connectivity index (χ4v) is 9.85. The predicted octanol–water partition coefficient (Wildman–Crippen LogP) is 20.9. The molecule has 0 heterocycles.